The van der Waals surface area contributed by atoms with Crippen LogP contribution in [0.5, 0.6) is 0 Å². The van der Waals surface area contributed by atoms with E-state index in [0.29, 0.717) is 33.5 Å². The molecule has 0 aromatic heterocycles. The highest BCUT2D eigenvalue weighted by Gasteiger charge is 2.24. The zero-order valence-corrected chi connectivity index (χ0v) is 23.7. The third-order valence-electron chi connectivity index (χ3n) is 7.38. The van der Waals surface area contributed by atoms with Crippen molar-refractivity contribution in [2.75, 3.05) is 32.1 Å². The molecule has 1 saturated heterocycles. The highest BCUT2D eigenvalue weighted by Crippen LogP contribution is 2.30. The third-order valence-corrected chi connectivity index (χ3v) is 7.38. The molecule has 0 saturated carbocycles. The minimum atomic E-state index is -0.609. The van der Waals surface area contributed by atoms with Crippen molar-refractivity contribution in [3.63, 3.8) is 0 Å². The van der Waals surface area contributed by atoms with E-state index in [4.69, 9.17) is 15.9 Å². The number of hydrogen-bond acceptors (Lipinski definition) is 6. The monoisotopic (exact) mass is 555 g/mol. The quantitative estimate of drug-likeness (QED) is 0.165. The van der Waals surface area contributed by atoms with E-state index in [2.05, 4.69) is 29.4 Å². The Bertz CT molecular complexity index is 1430. The number of ether oxygens (including phenoxy) is 1. The number of esters is 1. The number of likely N-dealkylation sites (tertiary alicyclic amines) is 1. The zero-order chi connectivity index (χ0) is 29.5. The average molecular weight is 556 g/mol. The Morgan fingerprint density at radius 2 is 1.54 bits per heavy atom. The lowest BCUT2D eigenvalue weighted by Gasteiger charge is -2.27. The zero-order valence-electron chi connectivity index (χ0n) is 23.7. The molecule has 4 rings (SSSR count). The number of hydrogen-bond donors (Lipinski definition) is 4. The smallest absolute Gasteiger partial charge is 0.338 e. The summed E-state index contributed by atoms with van der Waals surface area (Å²) in [5.41, 5.74) is 8.47. The van der Waals surface area contributed by atoms with Crippen LogP contribution in [-0.4, -0.2) is 61.3 Å². The highest BCUT2D eigenvalue weighted by atomic mass is 16.5. The minimum Gasteiger partial charge on any atom is -0.465 e. The molecule has 0 aliphatic carbocycles. The number of amidine groups is 1. The minimum absolute atomic E-state index is 0.0317. The Labute approximate surface area is 240 Å². The van der Waals surface area contributed by atoms with Crippen molar-refractivity contribution < 1.29 is 19.1 Å². The molecule has 1 fully saturated rings. The second kappa shape index (κ2) is 13.2. The van der Waals surface area contributed by atoms with Crippen LogP contribution in [0.25, 0.3) is 11.1 Å². The van der Waals surface area contributed by atoms with Gasteiger partial charge >= 0.3 is 5.97 Å². The van der Waals surface area contributed by atoms with Gasteiger partial charge in [0.05, 0.1) is 12.7 Å². The first-order chi connectivity index (χ1) is 19.7. The topological polar surface area (TPSA) is 138 Å². The molecule has 214 valence electrons. The summed E-state index contributed by atoms with van der Waals surface area (Å²) in [4.78, 5) is 41.9. The summed E-state index contributed by atoms with van der Waals surface area (Å²) in [5.74, 6) is -1.08. The molecule has 0 bridgehead atoms. The first kappa shape index (κ1) is 29.5. The van der Waals surface area contributed by atoms with Crippen molar-refractivity contribution in [2.24, 2.45) is 11.7 Å². The van der Waals surface area contributed by atoms with Gasteiger partial charge in [-0.3, -0.25) is 15.0 Å². The van der Waals surface area contributed by atoms with Crippen molar-refractivity contribution >= 4 is 29.3 Å². The van der Waals surface area contributed by atoms with E-state index in [0.717, 1.165) is 19.6 Å². The van der Waals surface area contributed by atoms with Crippen LogP contribution in [0.2, 0.25) is 0 Å². The highest BCUT2D eigenvalue weighted by molar-refractivity contribution is 6.11. The molecular weight excluding hydrogens is 518 g/mol. The number of rotatable bonds is 10. The number of methoxy groups -OCH3 is 1. The predicted octanol–water partition coefficient (Wildman–Crippen LogP) is 4.53. The number of nitrogens with one attached hydrogen (secondary N) is 3. The first-order valence-corrected chi connectivity index (χ1v) is 13.8. The predicted molar refractivity (Wildman–Crippen MR) is 160 cm³/mol. The Morgan fingerprint density at radius 3 is 2.17 bits per heavy atom. The van der Waals surface area contributed by atoms with Crippen molar-refractivity contribution in [3.05, 3.63) is 89.0 Å². The molecule has 0 spiro atoms. The number of nitrogens with two attached hydrogens (primary N) is 1. The van der Waals surface area contributed by atoms with E-state index < -0.39 is 5.97 Å². The van der Waals surface area contributed by atoms with E-state index in [1.165, 1.54) is 26.0 Å². The van der Waals surface area contributed by atoms with Crippen molar-refractivity contribution in [1.29, 1.82) is 5.41 Å². The summed E-state index contributed by atoms with van der Waals surface area (Å²) in [6.07, 6.45) is 2.35. The van der Waals surface area contributed by atoms with E-state index in [9.17, 15) is 14.4 Å². The summed E-state index contributed by atoms with van der Waals surface area (Å²) in [6, 6.07) is 18.4. The van der Waals surface area contributed by atoms with E-state index in [1.807, 2.05) is 0 Å². The average Bonchev–Trinajstić information content (AvgIpc) is 3.49. The van der Waals surface area contributed by atoms with Crippen LogP contribution in [-0.2, 0) is 4.74 Å². The molecule has 5 N–H and O–H groups in total. The van der Waals surface area contributed by atoms with Gasteiger partial charge in [-0.2, -0.15) is 0 Å². The summed E-state index contributed by atoms with van der Waals surface area (Å²) in [6.45, 7) is 7.03. The van der Waals surface area contributed by atoms with Gasteiger partial charge in [0.2, 0.25) is 0 Å². The fraction of sp³-hybridized carbons (Fsp3) is 0.312. The van der Waals surface area contributed by atoms with Crippen molar-refractivity contribution in [2.45, 2.75) is 32.7 Å². The largest absolute Gasteiger partial charge is 0.465 e. The molecule has 1 heterocycles. The second-order valence-corrected chi connectivity index (χ2v) is 10.6. The molecule has 3 aromatic carbocycles. The summed E-state index contributed by atoms with van der Waals surface area (Å²) in [5, 5.41) is 13.5. The number of anilines is 1. The SMILES string of the molecule is COC(=O)c1cc(C(=O)NC(CN2CCCC2)C(C)C)ccc1-c1ccccc1C(=O)Nc1ccc(C(=N)N)cc1. The standard InChI is InChI=1S/C32H37N5O4/c1-20(2)28(19-37-16-6-7-17-37)36-30(38)22-12-15-25(27(18-22)32(40)41-3)24-8-4-5-9-26(24)31(39)35-23-13-10-21(11-14-23)29(33)34/h4-5,8-15,18,20,28H,6-7,16-17,19H2,1-3H3,(H3,33,34)(H,35,39)(H,36,38). The van der Waals surface area contributed by atoms with Crippen LogP contribution in [0.4, 0.5) is 5.69 Å². The Balaban J connectivity index is 1.61. The number of benzene rings is 3. The molecule has 9 nitrogen and oxygen atoms in total. The second-order valence-electron chi connectivity index (χ2n) is 10.6. The molecule has 0 radical (unpaired) electrons. The van der Waals surface area contributed by atoms with E-state index in [-0.39, 0.29) is 35.2 Å². The van der Waals surface area contributed by atoms with Crippen molar-refractivity contribution in [3.8, 4) is 11.1 Å². The molecule has 1 unspecified atom stereocenters. The fourth-order valence-electron chi connectivity index (χ4n) is 4.96. The molecular formula is C32H37N5O4. The van der Waals surface area contributed by atoms with Gasteiger partial charge in [0.15, 0.2) is 0 Å². The lowest BCUT2D eigenvalue weighted by Crippen LogP contribution is -2.46. The summed E-state index contributed by atoms with van der Waals surface area (Å²) >= 11 is 0. The van der Waals surface area contributed by atoms with Gasteiger partial charge in [0, 0.05) is 35.0 Å². The van der Waals surface area contributed by atoms with Gasteiger partial charge < -0.3 is 26.0 Å². The Morgan fingerprint density at radius 1 is 0.902 bits per heavy atom. The fourth-order valence-corrected chi connectivity index (χ4v) is 4.96. The maximum absolute atomic E-state index is 13.3. The normalized spacial score (nSPS) is 14.0. The lowest BCUT2D eigenvalue weighted by molar-refractivity contribution is 0.0601. The molecule has 3 aromatic rings. The molecule has 1 atom stereocenters. The van der Waals surface area contributed by atoms with Crippen LogP contribution < -0.4 is 16.4 Å². The molecule has 1 aliphatic rings. The molecule has 9 heteroatoms. The number of nitrogen functional groups attached to an aromatic ring is 1. The Kier molecular flexibility index (Phi) is 9.52. The maximum Gasteiger partial charge on any atom is 0.338 e. The van der Waals surface area contributed by atoms with Crippen LogP contribution in [0.3, 0.4) is 0 Å². The number of carbonyl (C=O) groups is 3. The number of nitrogens with zero attached hydrogens (tertiary/aromatic N) is 1. The third kappa shape index (κ3) is 7.18. The molecule has 1 aliphatic heterocycles. The van der Waals surface area contributed by atoms with Crippen LogP contribution >= 0.6 is 0 Å². The summed E-state index contributed by atoms with van der Waals surface area (Å²) < 4.78 is 5.06. The van der Waals surface area contributed by atoms with Gasteiger partial charge in [-0.1, -0.05) is 38.1 Å². The summed E-state index contributed by atoms with van der Waals surface area (Å²) in [7, 11) is 1.28. The first-order valence-electron chi connectivity index (χ1n) is 13.8. The van der Waals surface area contributed by atoms with Crippen LogP contribution in [0, 0.1) is 11.3 Å². The van der Waals surface area contributed by atoms with Gasteiger partial charge in [-0.15, -0.1) is 0 Å². The Hall–Kier alpha value is -4.50. The van der Waals surface area contributed by atoms with Crippen LogP contribution in [0.15, 0.2) is 66.7 Å². The molecule has 2 amide bonds. The van der Waals surface area contributed by atoms with E-state index in [1.54, 1.807) is 60.7 Å². The van der Waals surface area contributed by atoms with Crippen molar-refractivity contribution in [1.82, 2.24) is 10.2 Å². The van der Waals surface area contributed by atoms with Gasteiger partial charge in [0.1, 0.15) is 5.84 Å². The molecule has 41 heavy (non-hydrogen) atoms. The van der Waals surface area contributed by atoms with Gasteiger partial charge in [-0.05, 0) is 85.4 Å². The van der Waals surface area contributed by atoms with Gasteiger partial charge in [0.25, 0.3) is 11.8 Å². The van der Waals surface area contributed by atoms with Gasteiger partial charge in [-0.25, -0.2) is 4.79 Å². The lowest BCUT2D eigenvalue weighted by atomic mass is 9.93. The maximum atomic E-state index is 13.3. The number of carbonyl (C=O) groups excluding carboxylic acids is 3. The number of amides is 2. The van der Waals surface area contributed by atoms with Crippen LogP contribution in [0.1, 0.15) is 63.3 Å². The van der Waals surface area contributed by atoms with E-state index >= 15 is 0 Å².